The van der Waals surface area contributed by atoms with E-state index in [1.807, 2.05) is 25.1 Å². The normalized spacial score (nSPS) is 11.2. The first-order valence-corrected chi connectivity index (χ1v) is 8.74. The second-order valence-corrected chi connectivity index (χ2v) is 7.72. The highest BCUT2D eigenvalue weighted by Gasteiger charge is 2.16. The summed E-state index contributed by atoms with van der Waals surface area (Å²) in [4.78, 5) is 9.44. The fraction of sp³-hybridized carbons (Fsp3) is 0.261. The minimum absolute atomic E-state index is 0.0831. The molecule has 0 spiro atoms. The summed E-state index contributed by atoms with van der Waals surface area (Å²) in [5, 5.41) is 9.09. The summed E-state index contributed by atoms with van der Waals surface area (Å²) < 4.78 is 0. The van der Waals surface area contributed by atoms with Gasteiger partial charge in [0.05, 0.1) is 34.9 Å². The molecule has 0 radical (unpaired) electrons. The van der Waals surface area contributed by atoms with Crippen LogP contribution in [0.25, 0.3) is 22.5 Å². The Balaban J connectivity index is 2.06. The molecule has 1 aromatic heterocycles. The molecule has 3 aromatic rings. The van der Waals surface area contributed by atoms with Gasteiger partial charge in [-0.25, -0.2) is 4.98 Å². The van der Waals surface area contributed by atoms with Crippen LogP contribution in [0.4, 0.5) is 0 Å². The summed E-state index contributed by atoms with van der Waals surface area (Å²) in [5.74, 6) is 0. The first-order valence-electron chi connectivity index (χ1n) is 8.74. The molecule has 0 atom stereocenters. The van der Waals surface area contributed by atoms with Gasteiger partial charge in [-0.3, -0.25) is 4.98 Å². The monoisotopic (exact) mass is 341 g/mol. The van der Waals surface area contributed by atoms with Crippen molar-refractivity contribution in [3.8, 4) is 28.6 Å². The third-order valence-corrected chi connectivity index (χ3v) is 4.45. The van der Waals surface area contributed by atoms with Crippen molar-refractivity contribution in [1.29, 1.82) is 5.26 Å². The lowest BCUT2D eigenvalue weighted by Gasteiger charge is -2.21. The molecule has 0 fully saturated rings. The molecule has 0 aliphatic rings. The van der Waals surface area contributed by atoms with E-state index in [9.17, 15) is 0 Å². The fourth-order valence-corrected chi connectivity index (χ4v) is 3.01. The highest BCUT2D eigenvalue weighted by Crippen LogP contribution is 2.30. The SMILES string of the molecule is Cc1cc(-c2ncc(-c3cccc(C#N)c3)nc2C)cc(C(C)(C)C)c1. The van der Waals surface area contributed by atoms with Crippen LogP contribution in [-0.4, -0.2) is 9.97 Å². The number of nitrogens with zero attached hydrogens (tertiary/aromatic N) is 3. The topological polar surface area (TPSA) is 49.6 Å². The maximum absolute atomic E-state index is 9.09. The maximum Gasteiger partial charge on any atom is 0.0991 e. The van der Waals surface area contributed by atoms with Crippen molar-refractivity contribution < 1.29 is 0 Å². The summed E-state index contributed by atoms with van der Waals surface area (Å²) in [5.41, 5.74) is 7.79. The summed E-state index contributed by atoms with van der Waals surface area (Å²) in [7, 11) is 0. The van der Waals surface area contributed by atoms with Crippen molar-refractivity contribution in [3.05, 3.63) is 71.0 Å². The van der Waals surface area contributed by atoms with E-state index in [0.717, 1.165) is 28.2 Å². The Hall–Kier alpha value is -2.99. The average Bonchev–Trinajstić information content (AvgIpc) is 2.60. The summed E-state index contributed by atoms with van der Waals surface area (Å²) in [6, 6.07) is 16.2. The molecule has 0 unspecified atom stereocenters. The summed E-state index contributed by atoms with van der Waals surface area (Å²) >= 11 is 0. The van der Waals surface area contributed by atoms with Crippen LogP contribution in [0.5, 0.6) is 0 Å². The first kappa shape index (κ1) is 17.8. The Morgan fingerprint density at radius 2 is 1.73 bits per heavy atom. The van der Waals surface area contributed by atoms with E-state index in [2.05, 4.69) is 52.0 Å². The van der Waals surface area contributed by atoms with Crippen molar-refractivity contribution in [2.45, 2.75) is 40.0 Å². The predicted molar refractivity (Wildman–Crippen MR) is 106 cm³/mol. The Labute approximate surface area is 155 Å². The Morgan fingerprint density at radius 1 is 0.962 bits per heavy atom. The predicted octanol–water partition coefficient (Wildman–Crippen LogP) is 5.60. The number of hydrogen-bond acceptors (Lipinski definition) is 3. The van der Waals surface area contributed by atoms with E-state index in [1.165, 1.54) is 11.1 Å². The molecule has 0 aliphatic carbocycles. The van der Waals surface area contributed by atoms with E-state index >= 15 is 0 Å². The van der Waals surface area contributed by atoms with E-state index in [1.54, 1.807) is 12.3 Å². The Bertz CT molecular complexity index is 1000. The molecule has 3 heteroatoms. The number of rotatable bonds is 2. The van der Waals surface area contributed by atoms with Gasteiger partial charge in [-0.05, 0) is 49.1 Å². The lowest BCUT2D eigenvalue weighted by Crippen LogP contribution is -2.11. The van der Waals surface area contributed by atoms with Crippen molar-refractivity contribution in [3.63, 3.8) is 0 Å². The molecule has 2 aromatic carbocycles. The number of nitriles is 1. The maximum atomic E-state index is 9.09. The minimum atomic E-state index is 0.0831. The summed E-state index contributed by atoms with van der Waals surface area (Å²) in [6.45, 7) is 10.8. The van der Waals surface area contributed by atoms with Gasteiger partial charge in [0.25, 0.3) is 0 Å². The second kappa shape index (κ2) is 6.72. The lowest BCUT2D eigenvalue weighted by molar-refractivity contribution is 0.590. The molecule has 0 N–H and O–H groups in total. The number of aromatic nitrogens is 2. The van der Waals surface area contributed by atoms with Crippen molar-refractivity contribution in [2.24, 2.45) is 0 Å². The van der Waals surface area contributed by atoms with Crippen molar-refractivity contribution in [1.82, 2.24) is 9.97 Å². The largest absolute Gasteiger partial charge is 0.252 e. The molecule has 0 aliphatic heterocycles. The van der Waals surface area contributed by atoms with Gasteiger partial charge in [0.1, 0.15) is 0 Å². The van der Waals surface area contributed by atoms with Crippen molar-refractivity contribution in [2.75, 3.05) is 0 Å². The van der Waals surface area contributed by atoms with Crippen LogP contribution in [0.15, 0.2) is 48.7 Å². The third kappa shape index (κ3) is 3.65. The van der Waals surface area contributed by atoms with Gasteiger partial charge in [-0.2, -0.15) is 5.26 Å². The van der Waals surface area contributed by atoms with Crippen LogP contribution >= 0.6 is 0 Å². The van der Waals surface area contributed by atoms with E-state index < -0.39 is 0 Å². The molecule has 3 nitrogen and oxygen atoms in total. The van der Waals surface area contributed by atoms with Crippen LogP contribution in [0.3, 0.4) is 0 Å². The standard InChI is InChI=1S/C23H23N3/c1-15-9-19(12-20(10-15)23(3,4)5)22-16(2)26-21(14-25-22)18-8-6-7-17(11-18)13-24/h6-12,14H,1-5H3. The van der Waals surface area contributed by atoms with E-state index in [-0.39, 0.29) is 5.41 Å². The number of benzene rings is 2. The fourth-order valence-electron chi connectivity index (χ4n) is 3.01. The zero-order valence-electron chi connectivity index (χ0n) is 16.0. The van der Waals surface area contributed by atoms with Gasteiger partial charge in [0.2, 0.25) is 0 Å². The number of hydrogen-bond donors (Lipinski definition) is 0. The Kier molecular flexibility index (Phi) is 4.61. The zero-order chi connectivity index (χ0) is 18.9. The second-order valence-electron chi connectivity index (χ2n) is 7.72. The zero-order valence-corrected chi connectivity index (χ0v) is 16.0. The highest BCUT2D eigenvalue weighted by atomic mass is 14.8. The molecule has 26 heavy (non-hydrogen) atoms. The molecule has 130 valence electrons. The molecule has 0 saturated heterocycles. The van der Waals surface area contributed by atoms with Crippen LogP contribution in [0.2, 0.25) is 0 Å². The van der Waals surface area contributed by atoms with Crippen LogP contribution in [0, 0.1) is 25.2 Å². The first-order chi connectivity index (χ1) is 12.3. The third-order valence-electron chi connectivity index (χ3n) is 4.45. The molecule has 3 rings (SSSR count). The smallest absolute Gasteiger partial charge is 0.0991 e. The highest BCUT2D eigenvalue weighted by molar-refractivity contribution is 5.67. The van der Waals surface area contributed by atoms with Gasteiger partial charge in [-0.1, -0.05) is 44.5 Å². The number of aryl methyl sites for hydroxylation is 2. The van der Waals surface area contributed by atoms with E-state index in [4.69, 9.17) is 15.2 Å². The van der Waals surface area contributed by atoms with Crippen molar-refractivity contribution >= 4 is 0 Å². The Morgan fingerprint density at radius 3 is 2.38 bits per heavy atom. The molecule has 1 heterocycles. The van der Waals surface area contributed by atoms with Gasteiger partial charge in [-0.15, -0.1) is 0 Å². The summed E-state index contributed by atoms with van der Waals surface area (Å²) in [6.07, 6.45) is 1.79. The van der Waals surface area contributed by atoms with Gasteiger partial charge in [0.15, 0.2) is 0 Å². The van der Waals surface area contributed by atoms with E-state index in [0.29, 0.717) is 5.56 Å². The van der Waals surface area contributed by atoms with Crippen LogP contribution in [-0.2, 0) is 5.41 Å². The molecule has 0 bridgehead atoms. The minimum Gasteiger partial charge on any atom is -0.252 e. The average molecular weight is 341 g/mol. The van der Waals surface area contributed by atoms with Crippen LogP contribution in [0.1, 0.15) is 43.2 Å². The molecule has 0 amide bonds. The quantitative estimate of drug-likeness (QED) is 0.610. The van der Waals surface area contributed by atoms with Crippen LogP contribution < -0.4 is 0 Å². The van der Waals surface area contributed by atoms with Gasteiger partial charge in [0, 0.05) is 11.1 Å². The van der Waals surface area contributed by atoms with Gasteiger partial charge < -0.3 is 0 Å². The molecular formula is C23H23N3. The van der Waals surface area contributed by atoms with Gasteiger partial charge >= 0.3 is 0 Å². The molecule has 0 saturated carbocycles. The molecular weight excluding hydrogens is 318 g/mol. The lowest BCUT2D eigenvalue weighted by atomic mass is 9.84.